The summed E-state index contributed by atoms with van der Waals surface area (Å²) in [6.07, 6.45) is -3.95. The molecule has 0 aromatic heterocycles. The quantitative estimate of drug-likeness (QED) is 0.845. The summed E-state index contributed by atoms with van der Waals surface area (Å²) in [5.41, 5.74) is 5.75. The molecule has 1 amide bonds. The minimum absolute atomic E-state index is 0.00000402. The van der Waals surface area contributed by atoms with E-state index in [-0.39, 0.29) is 49.7 Å². The highest BCUT2D eigenvalue weighted by Crippen LogP contribution is 2.34. The van der Waals surface area contributed by atoms with Crippen LogP contribution in [0.5, 0.6) is 0 Å². The average molecular weight is 280 g/mol. The second-order valence-electron chi connectivity index (χ2n) is 6.37. The molecule has 0 spiro atoms. The Morgan fingerprint density at radius 1 is 1.26 bits per heavy atom. The monoisotopic (exact) mass is 280 g/mol. The first kappa shape index (κ1) is 16.3. The highest BCUT2D eigenvalue weighted by Gasteiger charge is 2.41. The number of alkyl halides is 3. The molecule has 1 aliphatic rings. The summed E-state index contributed by atoms with van der Waals surface area (Å²) in [6.45, 7) is 6.20. The smallest absolute Gasteiger partial charge is 0.343 e. The number of amides is 1. The summed E-state index contributed by atoms with van der Waals surface area (Å²) in [5.74, 6) is -1.41. The van der Waals surface area contributed by atoms with Crippen molar-refractivity contribution in [1.82, 2.24) is 4.90 Å². The molecule has 1 rings (SSSR count). The maximum absolute atomic E-state index is 12.5. The van der Waals surface area contributed by atoms with Gasteiger partial charge in [0, 0.05) is 25.6 Å². The van der Waals surface area contributed by atoms with Crippen LogP contribution in [0.2, 0.25) is 0 Å². The molecule has 1 heterocycles. The Balaban J connectivity index is 2.46. The van der Waals surface area contributed by atoms with Crippen LogP contribution in [0, 0.1) is 11.3 Å². The van der Waals surface area contributed by atoms with Gasteiger partial charge in [-0.1, -0.05) is 20.8 Å². The van der Waals surface area contributed by atoms with E-state index in [0.29, 0.717) is 0 Å². The van der Waals surface area contributed by atoms with Gasteiger partial charge in [-0.2, -0.15) is 13.2 Å². The SMILES string of the molecule is CC(C)(C)C(N)CC(=O)N1CCC(C(F)(F)F)CC1. The molecule has 2 N–H and O–H groups in total. The van der Waals surface area contributed by atoms with Crippen molar-refractivity contribution in [2.24, 2.45) is 17.1 Å². The molecule has 112 valence electrons. The van der Waals surface area contributed by atoms with Crippen molar-refractivity contribution in [2.75, 3.05) is 13.1 Å². The number of halogens is 3. The van der Waals surface area contributed by atoms with Crippen LogP contribution in [0.3, 0.4) is 0 Å². The Morgan fingerprint density at radius 3 is 2.11 bits per heavy atom. The molecule has 0 saturated carbocycles. The van der Waals surface area contributed by atoms with Crippen molar-refractivity contribution < 1.29 is 18.0 Å². The van der Waals surface area contributed by atoms with E-state index in [1.165, 1.54) is 4.90 Å². The molecule has 0 aromatic rings. The molecule has 6 heteroatoms. The Hall–Kier alpha value is -0.780. The van der Waals surface area contributed by atoms with Gasteiger partial charge in [-0.05, 0) is 18.3 Å². The molecule has 1 unspecified atom stereocenters. The molecule has 0 aromatic carbocycles. The first-order valence-electron chi connectivity index (χ1n) is 6.62. The largest absolute Gasteiger partial charge is 0.391 e. The Kier molecular flexibility index (Phi) is 4.87. The number of carbonyl (C=O) groups is 1. The van der Waals surface area contributed by atoms with E-state index in [4.69, 9.17) is 5.73 Å². The van der Waals surface area contributed by atoms with Crippen molar-refractivity contribution in [1.29, 1.82) is 0 Å². The number of hydrogen-bond acceptors (Lipinski definition) is 2. The fourth-order valence-corrected chi connectivity index (χ4v) is 2.08. The highest BCUT2D eigenvalue weighted by molar-refractivity contribution is 5.77. The molecule has 1 fully saturated rings. The van der Waals surface area contributed by atoms with Gasteiger partial charge in [-0.15, -0.1) is 0 Å². The predicted molar refractivity (Wildman–Crippen MR) is 67.4 cm³/mol. The molecule has 1 saturated heterocycles. The van der Waals surface area contributed by atoms with Crippen molar-refractivity contribution >= 4 is 5.91 Å². The van der Waals surface area contributed by atoms with Crippen LogP contribution in [0.4, 0.5) is 13.2 Å². The number of hydrogen-bond donors (Lipinski definition) is 1. The van der Waals surface area contributed by atoms with E-state index >= 15 is 0 Å². The summed E-state index contributed by atoms with van der Waals surface area (Å²) in [5, 5.41) is 0. The maximum atomic E-state index is 12.5. The third-order valence-electron chi connectivity index (χ3n) is 3.82. The molecule has 0 radical (unpaired) electrons. The van der Waals surface area contributed by atoms with Gasteiger partial charge < -0.3 is 10.6 Å². The molecule has 0 bridgehead atoms. The lowest BCUT2D eigenvalue weighted by Crippen LogP contribution is -2.46. The second-order valence-corrected chi connectivity index (χ2v) is 6.37. The van der Waals surface area contributed by atoms with E-state index in [1.807, 2.05) is 20.8 Å². The molecule has 0 aliphatic carbocycles. The molecular formula is C13H23F3N2O. The van der Waals surface area contributed by atoms with Gasteiger partial charge in [-0.25, -0.2) is 0 Å². The number of likely N-dealkylation sites (tertiary alicyclic amines) is 1. The zero-order valence-corrected chi connectivity index (χ0v) is 11.8. The van der Waals surface area contributed by atoms with E-state index in [2.05, 4.69) is 0 Å². The fraction of sp³-hybridized carbons (Fsp3) is 0.923. The first-order chi connectivity index (χ1) is 8.51. The molecule has 3 nitrogen and oxygen atoms in total. The van der Waals surface area contributed by atoms with Gasteiger partial charge >= 0.3 is 6.18 Å². The molecule has 1 atom stereocenters. The summed E-state index contributed by atoms with van der Waals surface area (Å²) in [4.78, 5) is 13.5. The van der Waals surface area contributed by atoms with Crippen molar-refractivity contribution in [2.45, 2.75) is 52.3 Å². The summed E-state index contributed by atoms with van der Waals surface area (Å²) >= 11 is 0. The van der Waals surface area contributed by atoms with Gasteiger partial charge in [0.15, 0.2) is 0 Å². The molecule has 19 heavy (non-hydrogen) atoms. The standard InChI is InChI=1S/C13H23F3N2O/c1-12(2,3)10(17)8-11(19)18-6-4-9(5-7-18)13(14,15)16/h9-10H,4-8,17H2,1-3H3. The number of carbonyl (C=O) groups excluding carboxylic acids is 1. The first-order valence-corrected chi connectivity index (χ1v) is 6.62. The number of nitrogens with zero attached hydrogens (tertiary/aromatic N) is 1. The van der Waals surface area contributed by atoms with Gasteiger partial charge in [0.2, 0.25) is 5.91 Å². The van der Waals surface area contributed by atoms with Crippen LogP contribution in [0.1, 0.15) is 40.0 Å². The van der Waals surface area contributed by atoms with Crippen LogP contribution >= 0.6 is 0 Å². The molecule has 1 aliphatic heterocycles. The van der Waals surface area contributed by atoms with E-state index < -0.39 is 12.1 Å². The number of piperidine rings is 1. The van der Waals surface area contributed by atoms with Gasteiger partial charge in [0.25, 0.3) is 0 Å². The normalized spacial score (nSPS) is 20.5. The Bertz CT molecular complexity index is 315. The summed E-state index contributed by atoms with van der Waals surface area (Å²) < 4.78 is 37.5. The number of rotatable bonds is 2. The Labute approximate surface area is 112 Å². The zero-order chi connectivity index (χ0) is 14.8. The number of nitrogens with two attached hydrogens (primary N) is 1. The Morgan fingerprint density at radius 2 is 1.74 bits per heavy atom. The highest BCUT2D eigenvalue weighted by atomic mass is 19.4. The lowest BCUT2D eigenvalue weighted by Gasteiger charge is -2.35. The van der Waals surface area contributed by atoms with Crippen molar-refractivity contribution in [3.8, 4) is 0 Å². The predicted octanol–water partition coefficient (Wildman–Crippen LogP) is 2.55. The maximum Gasteiger partial charge on any atom is 0.391 e. The van der Waals surface area contributed by atoms with Crippen LogP contribution < -0.4 is 5.73 Å². The zero-order valence-electron chi connectivity index (χ0n) is 11.8. The fourth-order valence-electron chi connectivity index (χ4n) is 2.08. The van der Waals surface area contributed by atoms with Gasteiger partial charge in [0.1, 0.15) is 0 Å². The third-order valence-corrected chi connectivity index (χ3v) is 3.82. The van der Waals surface area contributed by atoms with Gasteiger partial charge in [-0.3, -0.25) is 4.79 Å². The van der Waals surface area contributed by atoms with E-state index in [1.54, 1.807) is 0 Å². The van der Waals surface area contributed by atoms with E-state index in [9.17, 15) is 18.0 Å². The summed E-state index contributed by atoms with van der Waals surface area (Å²) in [7, 11) is 0. The minimum atomic E-state index is -4.14. The van der Waals surface area contributed by atoms with E-state index in [0.717, 1.165) is 0 Å². The third kappa shape index (κ3) is 4.67. The average Bonchev–Trinajstić information content (AvgIpc) is 2.26. The minimum Gasteiger partial charge on any atom is -0.343 e. The topological polar surface area (TPSA) is 46.3 Å². The van der Waals surface area contributed by atoms with Crippen LogP contribution in [-0.4, -0.2) is 36.1 Å². The van der Waals surface area contributed by atoms with Crippen molar-refractivity contribution in [3.05, 3.63) is 0 Å². The van der Waals surface area contributed by atoms with Crippen LogP contribution in [-0.2, 0) is 4.79 Å². The lowest BCUT2D eigenvalue weighted by molar-refractivity contribution is -0.186. The van der Waals surface area contributed by atoms with Crippen LogP contribution in [0.15, 0.2) is 0 Å². The summed E-state index contributed by atoms with van der Waals surface area (Å²) in [6, 6.07) is -0.277. The second kappa shape index (κ2) is 5.69. The van der Waals surface area contributed by atoms with Crippen LogP contribution in [0.25, 0.3) is 0 Å². The van der Waals surface area contributed by atoms with Crippen molar-refractivity contribution in [3.63, 3.8) is 0 Å². The lowest BCUT2D eigenvalue weighted by atomic mass is 9.85. The molecular weight excluding hydrogens is 257 g/mol. The van der Waals surface area contributed by atoms with Gasteiger partial charge in [0.05, 0.1) is 5.92 Å².